The van der Waals surface area contributed by atoms with E-state index in [9.17, 15) is 14.7 Å². The quantitative estimate of drug-likeness (QED) is 0.853. The highest BCUT2D eigenvalue weighted by molar-refractivity contribution is 5.93. The average molecular weight is 315 g/mol. The molecule has 0 saturated heterocycles. The van der Waals surface area contributed by atoms with Gasteiger partial charge in [0.05, 0.1) is 11.0 Å². The first-order valence-corrected chi connectivity index (χ1v) is 8.11. The molecule has 1 saturated carbocycles. The SMILES string of the molecule is O=C(NCC1(O)CCCCCC1)c1cc(=O)c2ccccc2o1. The van der Waals surface area contributed by atoms with Crippen LogP contribution in [0.15, 0.2) is 39.5 Å². The summed E-state index contributed by atoms with van der Waals surface area (Å²) in [5.41, 5.74) is -0.716. The van der Waals surface area contributed by atoms with Crippen LogP contribution < -0.4 is 10.7 Å². The minimum Gasteiger partial charge on any atom is -0.451 e. The zero-order valence-corrected chi connectivity index (χ0v) is 13.0. The monoisotopic (exact) mass is 315 g/mol. The van der Waals surface area contributed by atoms with Crippen molar-refractivity contribution in [2.24, 2.45) is 0 Å². The standard InChI is InChI=1S/C18H21NO4/c20-14-11-16(23-15-8-4-3-7-13(14)15)17(21)19-12-18(22)9-5-1-2-6-10-18/h3-4,7-8,11,22H,1-2,5-6,9-10,12H2,(H,19,21). The maximum absolute atomic E-state index is 12.3. The van der Waals surface area contributed by atoms with Crippen LogP contribution in [0.4, 0.5) is 0 Å². The molecule has 1 fully saturated rings. The Balaban J connectivity index is 1.74. The molecule has 2 N–H and O–H groups in total. The second kappa shape index (κ2) is 6.54. The van der Waals surface area contributed by atoms with Gasteiger partial charge in [-0.05, 0) is 25.0 Å². The van der Waals surface area contributed by atoms with Crippen LogP contribution in [0.3, 0.4) is 0 Å². The summed E-state index contributed by atoms with van der Waals surface area (Å²) in [5, 5.41) is 13.7. The van der Waals surface area contributed by atoms with E-state index >= 15 is 0 Å². The summed E-state index contributed by atoms with van der Waals surface area (Å²) in [6.45, 7) is 0.183. The lowest BCUT2D eigenvalue weighted by Gasteiger charge is -2.26. The molecule has 0 bridgehead atoms. The van der Waals surface area contributed by atoms with Gasteiger partial charge in [0.25, 0.3) is 5.91 Å². The molecule has 23 heavy (non-hydrogen) atoms. The molecule has 0 unspecified atom stereocenters. The van der Waals surface area contributed by atoms with Crippen molar-refractivity contribution in [2.45, 2.75) is 44.1 Å². The Labute approximate surface area is 134 Å². The van der Waals surface area contributed by atoms with Gasteiger partial charge in [0, 0.05) is 12.6 Å². The molecule has 0 radical (unpaired) electrons. The number of amides is 1. The van der Waals surface area contributed by atoms with E-state index in [1.165, 1.54) is 6.07 Å². The van der Waals surface area contributed by atoms with Gasteiger partial charge in [-0.2, -0.15) is 0 Å². The van der Waals surface area contributed by atoms with Crippen LogP contribution in [-0.4, -0.2) is 23.2 Å². The first-order chi connectivity index (χ1) is 11.1. The fourth-order valence-electron chi connectivity index (χ4n) is 3.11. The molecule has 1 aliphatic rings. The average Bonchev–Trinajstić information content (AvgIpc) is 2.78. The van der Waals surface area contributed by atoms with Gasteiger partial charge in [0.2, 0.25) is 0 Å². The van der Waals surface area contributed by atoms with Crippen LogP contribution in [0.5, 0.6) is 0 Å². The van der Waals surface area contributed by atoms with E-state index in [2.05, 4.69) is 5.32 Å². The van der Waals surface area contributed by atoms with Gasteiger partial charge >= 0.3 is 0 Å². The van der Waals surface area contributed by atoms with Crippen LogP contribution in [-0.2, 0) is 0 Å². The highest BCUT2D eigenvalue weighted by Crippen LogP contribution is 2.26. The van der Waals surface area contributed by atoms with E-state index in [1.807, 2.05) is 0 Å². The number of benzene rings is 1. The topological polar surface area (TPSA) is 79.5 Å². The number of carbonyl (C=O) groups excluding carboxylic acids is 1. The summed E-state index contributed by atoms with van der Waals surface area (Å²) in [6, 6.07) is 8.03. The van der Waals surface area contributed by atoms with Crippen molar-refractivity contribution in [1.82, 2.24) is 5.32 Å². The largest absolute Gasteiger partial charge is 0.451 e. The van der Waals surface area contributed by atoms with Crippen molar-refractivity contribution in [3.05, 3.63) is 46.3 Å². The van der Waals surface area contributed by atoms with E-state index in [1.54, 1.807) is 24.3 Å². The first kappa shape index (κ1) is 15.7. The molecule has 5 nitrogen and oxygen atoms in total. The Bertz CT molecular complexity index is 757. The van der Waals surface area contributed by atoms with E-state index in [0.717, 1.165) is 25.7 Å². The number of para-hydroxylation sites is 1. The Morgan fingerprint density at radius 3 is 2.61 bits per heavy atom. The molecular weight excluding hydrogens is 294 g/mol. The number of hydrogen-bond acceptors (Lipinski definition) is 4. The molecule has 1 aromatic heterocycles. The van der Waals surface area contributed by atoms with Crippen molar-refractivity contribution in [2.75, 3.05) is 6.54 Å². The Hall–Kier alpha value is -2.14. The predicted octanol–water partition coefficient (Wildman–Crippen LogP) is 2.61. The van der Waals surface area contributed by atoms with E-state index in [0.29, 0.717) is 23.8 Å². The number of hydrogen-bond donors (Lipinski definition) is 2. The Morgan fingerprint density at radius 1 is 1.17 bits per heavy atom. The van der Waals surface area contributed by atoms with Gasteiger partial charge < -0.3 is 14.8 Å². The molecule has 1 heterocycles. The lowest BCUT2D eigenvalue weighted by atomic mass is 9.94. The summed E-state index contributed by atoms with van der Waals surface area (Å²) in [4.78, 5) is 24.3. The molecule has 0 atom stereocenters. The van der Waals surface area contributed by atoms with Crippen LogP contribution in [0.1, 0.15) is 49.1 Å². The molecule has 1 amide bonds. The minimum absolute atomic E-state index is 0.0223. The second-order valence-corrected chi connectivity index (χ2v) is 6.29. The highest BCUT2D eigenvalue weighted by Gasteiger charge is 2.28. The number of fused-ring (bicyclic) bond motifs is 1. The maximum atomic E-state index is 12.3. The number of aliphatic hydroxyl groups is 1. The predicted molar refractivity (Wildman–Crippen MR) is 87.5 cm³/mol. The second-order valence-electron chi connectivity index (χ2n) is 6.29. The molecule has 1 aromatic carbocycles. The van der Waals surface area contributed by atoms with Crippen LogP contribution in [0.2, 0.25) is 0 Å². The van der Waals surface area contributed by atoms with Gasteiger partial charge in [-0.15, -0.1) is 0 Å². The molecule has 1 aliphatic carbocycles. The zero-order valence-electron chi connectivity index (χ0n) is 13.0. The van der Waals surface area contributed by atoms with Crippen LogP contribution >= 0.6 is 0 Å². The van der Waals surface area contributed by atoms with Gasteiger partial charge in [0.15, 0.2) is 11.2 Å². The summed E-state index contributed by atoms with van der Waals surface area (Å²) >= 11 is 0. The molecule has 122 valence electrons. The Kier molecular flexibility index (Phi) is 4.48. The smallest absolute Gasteiger partial charge is 0.287 e. The van der Waals surface area contributed by atoms with E-state index < -0.39 is 11.5 Å². The normalized spacial score (nSPS) is 17.6. The molecule has 0 aliphatic heterocycles. The van der Waals surface area contributed by atoms with Gasteiger partial charge in [-0.1, -0.05) is 37.8 Å². The van der Waals surface area contributed by atoms with Crippen LogP contribution in [0, 0.1) is 0 Å². The fourth-order valence-corrected chi connectivity index (χ4v) is 3.11. The summed E-state index contributed by atoms with van der Waals surface area (Å²) in [7, 11) is 0. The minimum atomic E-state index is -0.858. The van der Waals surface area contributed by atoms with E-state index in [4.69, 9.17) is 4.42 Å². The number of nitrogens with one attached hydrogen (secondary N) is 1. The molecule has 5 heteroatoms. The molecule has 2 aromatic rings. The van der Waals surface area contributed by atoms with Gasteiger partial charge in [0.1, 0.15) is 5.58 Å². The van der Waals surface area contributed by atoms with Crippen molar-refractivity contribution in [3.8, 4) is 0 Å². The van der Waals surface area contributed by atoms with Crippen molar-refractivity contribution < 1.29 is 14.3 Å². The van der Waals surface area contributed by atoms with Gasteiger partial charge in [-0.25, -0.2) is 0 Å². The maximum Gasteiger partial charge on any atom is 0.287 e. The van der Waals surface area contributed by atoms with E-state index in [-0.39, 0.29) is 17.7 Å². The third-order valence-electron chi connectivity index (χ3n) is 4.47. The molecule has 3 rings (SSSR count). The first-order valence-electron chi connectivity index (χ1n) is 8.11. The third kappa shape index (κ3) is 3.62. The van der Waals surface area contributed by atoms with Crippen molar-refractivity contribution >= 4 is 16.9 Å². The third-order valence-corrected chi connectivity index (χ3v) is 4.47. The van der Waals surface area contributed by atoms with Crippen molar-refractivity contribution in [3.63, 3.8) is 0 Å². The summed E-state index contributed by atoms with van der Waals surface area (Å²) in [6.07, 6.45) is 5.56. The number of carbonyl (C=O) groups is 1. The molecule has 0 spiro atoms. The highest BCUT2D eigenvalue weighted by atomic mass is 16.3. The van der Waals surface area contributed by atoms with Crippen LogP contribution in [0.25, 0.3) is 11.0 Å². The molecular formula is C18H21NO4. The fraction of sp³-hybridized carbons (Fsp3) is 0.444. The Morgan fingerprint density at radius 2 is 1.87 bits per heavy atom. The lowest BCUT2D eigenvalue weighted by Crippen LogP contribution is -2.42. The lowest BCUT2D eigenvalue weighted by molar-refractivity contribution is 0.0243. The van der Waals surface area contributed by atoms with Gasteiger partial charge in [-0.3, -0.25) is 9.59 Å². The zero-order chi connectivity index (χ0) is 16.3. The van der Waals surface area contributed by atoms with Crippen molar-refractivity contribution in [1.29, 1.82) is 0 Å². The number of rotatable bonds is 3. The summed E-state index contributed by atoms with van der Waals surface area (Å²) in [5.74, 6) is -0.489. The summed E-state index contributed by atoms with van der Waals surface area (Å²) < 4.78 is 5.51.